The fourth-order valence-electron chi connectivity index (χ4n) is 1.12. The molecular formula is C11H20N2O3. The van der Waals surface area contributed by atoms with Crippen LogP contribution in [0.3, 0.4) is 0 Å². The maximum Gasteiger partial charge on any atom is 0.315 e. The topological polar surface area (TPSA) is 78.4 Å². The van der Waals surface area contributed by atoms with Gasteiger partial charge in [-0.25, -0.2) is 4.79 Å². The number of urea groups is 1. The molecule has 0 heterocycles. The summed E-state index contributed by atoms with van der Waals surface area (Å²) < 4.78 is 0. The van der Waals surface area contributed by atoms with Crippen molar-refractivity contribution in [2.45, 2.75) is 38.6 Å². The molecule has 0 saturated carbocycles. The number of nitrogens with one attached hydrogen (secondary N) is 2. The maximum atomic E-state index is 11.4. The molecule has 3 N–H and O–H groups in total. The van der Waals surface area contributed by atoms with Crippen LogP contribution in [0.5, 0.6) is 0 Å². The Balaban J connectivity index is 3.89. The second-order valence-electron chi connectivity index (χ2n) is 4.24. The van der Waals surface area contributed by atoms with E-state index in [1.807, 2.05) is 0 Å². The number of aliphatic carboxylic acids is 1. The van der Waals surface area contributed by atoms with Crippen molar-refractivity contribution in [2.75, 3.05) is 6.54 Å². The highest BCUT2D eigenvalue weighted by Crippen LogP contribution is 2.10. The van der Waals surface area contributed by atoms with E-state index < -0.39 is 11.5 Å². The molecule has 0 rings (SSSR count). The van der Waals surface area contributed by atoms with E-state index in [9.17, 15) is 9.59 Å². The Hall–Kier alpha value is -1.52. The first-order valence-corrected chi connectivity index (χ1v) is 5.26. The summed E-state index contributed by atoms with van der Waals surface area (Å²) in [4.78, 5) is 21.8. The molecule has 0 bridgehead atoms. The normalized spacial score (nSPS) is 10.6. The summed E-state index contributed by atoms with van der Waals surface area (Å²) in [5, 5.41) is 13.9. The highest BCUT2D eigenvalue weighted by atomic mass is 16.4. The Morgan fingerprint density at radius 2 is 2.06 bits per heavy atom. The van der Waals surface area contributed by atoms with Crippen molar-refractivity contribution in [3.8, 4) is 0 Å². The number of carbonyl (C=O) groups excluding carboxylic acids is 1. The van der Waals surface area contributed by atoms with Gasteiger partial charge in [-0.3, -0.25) is 4.79 Å². The largest absolute Gasteiger partial charge is 0.481 e. The fraction of sp³-hybridized carbons (Fsp3) is 0.636. The molecule has 2 amide bonds. The Morgan fingerprint density at radius 1 is 1.44 bits per heavy atom. The predicted octanol–water partition coefficient (Wildman–Crippen LogP) is 1.51. The van der Waals surface area contributed by atoms with Gasteiger partial charge in [-0.15, -0.1) is 6.58 Å². The zero-order chi connectivity index (χ0) is 12.6. The second kappa shape index (κ2) is 6.87. The molecule has 5 heteroatoms. The van der Waals surface area contributed by atoms with Crippen LogP contribution in [-0.2, 0) is 4.79 Å². The zero-order valence-electron chi connectivity index (χ0n) is 9.88. The smallest absolute Gasteiger partial charge is 0.315 e. The van der Waals surface area contributed by atoms with E-state index in [4.69, 9.17) is 5.11 Å². The van der Waals surface area contributed by atoms with Crippen LogP contribution in [0.1, 0.15) is 33.1 Å². The molecule has 0 aromatic heterocycles. The van der Waals surface area contributed by atoms with Gasteiger partial charge in [0.15, 0.2) is 0 Å². The molecule has 0 aromatic rings. The summed E-state index contributed by atoms with van der Waals surface area (Å²) in [6.45, 7) is 7.67. The average Bonchev–Trinajstić information content (AvgIpc) is 2.15. The molecule has 0 radical (unpaired) electrons. The third-order valence-electron chi connectivity index (χ3n) is 2.05. The van der Waals surface area contributed by atoms with Crippen LogP contribution in [0.15, 0.2) is 12.7 Å². The van der Waals surface area contributed by atoms with Crippen molar-refractivity contribution < 1.29 is 14.7 Å². The van der Waals surface area contributed by atoms with E-state index in [2.05, 4.69) is 17.2 Å². The first-order chi connectivity index (χ1) is 7.37. The van der Waals surface area contributed by atoms with E-state index in [0.717, 1.165) is 0 Å². The van der Waals surface area contributed by atoms with Gasteiger partial charge in [0.25, 0.3) is 0 Å². The van der Waals surface area contributed by atoms with Crippen molar-refractivity contribution in [1.29, 1.82) is 0 Å². The molecule has 92 valence electrons. The highest BCUT2D eigenvalue weighted by molar-refractivity contribution is 5.74. The minimum atomic E-state index is -0.859. The van der Waals surface area contributed by atoms with Crippen LogP contribution in [-0.4, -0.2) is 29.2 Å². The highest BCUT2D eigenvalue weighted by Gasteiger charge is 2.20. The molecule has 0 aliphatic carbocycles. The van der Waals surface area contributed by atoms with E-state index >= 15 is 0 Å². The van der Waals surface area contributed by atoms with Crippen molar-refractivity contribution in [3.63, 3.8) is 0 Å². The Kier molecular flexibility index (Phi) is 6.22. The van der Waals surface area contributed by atoms with E-state index in [1.165, 1.54) is 0 Å². The number of hydrogen-bond donors (Lipinski definition) is 3. The standard InChI is InChI=1S/C11H20N2O3/c1-4-5-8-12-10(16)13-11(2,3)7-6-9(14)15/h4H,1,5-8H2,2-3H3,(H,14,15)(H2,12,13,16). The Labute approximate surface area is 95.9 Å². The first-order valence-electron chi connectivity index (χ1n) is 5.26. The maximum absolute atomic E-state index is 11.4. The second-order valence-corrected chi connectivity index (χ2v) is 4.24. The third kappa shape index (κ3) is 7.84. The lowest BCUT2D eigenvalue weighted by Crippen LogP contribution is -2.48. The third-order valence-corrected chi connectivity index (χ3v) is 2.05. The minimum absolute atomic E-state index is 0.0416. The first kappa shape index (κ1) is 14.5. The van der Waals surface area contributed by atoms with Crippen molar-refractivity contribution >= 4 is 12.0 Å². The monoisotopic (exact) mass is 228 g/mol. The van der Waals surface area contributed by atoms with Gasteiger partial charge in [-0.05, 0) is 26.7 Å². The lowest BCUT2D eigenvalue weighted by Gasteiger charge is -2.25. The molecular weight excluding hydrogens is 208 g/mol. The van der Waals surface area contributed by atoms with Crippen molar-refractivity contribution in [3.05, 3.63) is 12.7 Å². The molecule has 0 saturated heterocycles. The van der Waals surface area contributed by atoms with Gasteiger partial charge < -0.3 is 15.7 Å². The lowest BCUT2D eigenvalue weighted by atomic mass is 9.99. The van der Waals surface area contributed by atoms with Gasteiger partial charge in [0.05, 0.1) is 0 Å². The predicted molar refractivity (Wildman–Crippen MR) is 62.3 cm³/mol. The quantitative estimate of drug-likeness (QED) is 0.456. The Bertz CT molecular complexity index is 262. The number of hydrogen-bond acceptors (Lipinski definition) is 2. The number of carbonyl (C=O) groups is 2. The molecule has 5 nitrogen and oxygen atoms in total. The molecule has 0 fully saturated rings. The molecule has 0 atom stereocenters. The van der Waals surface area contributed by atoms with Crippen LogP contribution >= 0.6 is 0 Å². The molecule has 16 heavy (non-hydrogen) atoms. The zero-order valence-corrected chi connectivity index (χ0v) is 9.88. The molecule has 0 spiro atoms. The van der Waals surface area contributed by atoms with E-state index in [0.29, 0.717) is 19.4 Å². The van der Waals surface area contributed by atoms with Gasteiger partial charge in [-0.2, -0.15) is 0 Å². The lowest BCUT2D eigenvalue weighted by molar-refractivity contribution is -0.137. The summed E-state index contributed by atoms with van der Waals surface area (Å²) in [6, 6.07) is -0.280. The molecule has 0 aliphatic rings. The van der Waals surface area contributed by atoms with Crippen LogP contribution in [0.2, 0.25) is 0 Å². The Morgan fingerprint density at radius 3 is 2.56 bits per heavy atom. The number of amides is 2. The van der Waals surface area contributed by atoms with Crippen molar-refractivity contribution in [2.24, 2.45) is 0 Å². The molecule has 0 aromatic carbocycles. The number of carboxylic acid groups (broad SMARTS) is 1. The SMILES string of the molecule is C=CCCNC(=O)NC(C)(C)CCC(=O)O. The molecule has 0 aliphatic heterocycles. The average molecular weight is 228 g/mol. The fourth-order valence-corrected chi connectivity index (χ4v) is 1.12. The van der Waals surface area contributed by atoms with Crippen LogP contribution in [0.4, 0.5) is 4.79 Å². The summed E-state index contributed by atoms with van der Waals surface area (Å²) in [6.07, 6.45) is 2.87. The summed E-state index contributed by atoms with van der Waals surface area (Å²) in [5.74, 6) is -0.859. The van der Waals surface area contributed by atoms with Gasteiger partial charge in [0.1, 0.15) is 0 Å². The van der Waals surface area contributed by atoms with Crippen LogP contribution in [0.25, 0.3) is 0 Å². The van der Waals surface area contributed by atoms with Crippen LogP contribution in [0, 0.1) is 0 Å². The summed E-state index contributed by atoms with van der Waals surface area (Å²) >= 11 is 0. The number of rotatable bonds is 7. The summed E-state index contributed by atoms with van der Waals surface area (Å²) in [5.41, 5.74) is -0.517. The van der Waals surface area contributed by atoms with Gasteiger partial charge in [0.2, 0.25) is 0 Å². The van der Waals surface area contributed by atoms with Gasteiger partial charge >= 0.3 is 12.0 Å². The van der Waals surface area contributed by atoms with E-state index in [-0.39, 0.29) is 12.5 Å². The van der Waals surface area contributed by atoms with E-state index in [1.54, 1.807) is 19.9 Å². The minimum Gasteiger partial charge on any atom is -0.481 e. The number of carboxylic acids is 1. The van der Waals surface area contributed by atoms with Gasteiger partial charge in [-0.1, -0.05) is 6.08 Å². The van der Waals surface area contributed by atoms with Gasteiger partial charge in [0, 0.05) is 18.5 Å². The summed E-state index contributed by atoms with van der Waals surface area (Å²) in [7, 11) is 0. The van der Waals surface area contributed by atoms with Crippen molar-refractivity contribution in [1.82, 2.24) is 10.6 Å². The van der Waals surface area contributed by atoms with Crippen LogP contribution < -0.4 is 10.6 Å². The molecule has 0 unspecified atom stereocenters.